The van der Waals surface area contributed by atoms with Gasteiger partial charge in [0.05, 0.1) is 5.56 Å². The van der Waals surface area contributed by atoms with Crippen molar-refractivity contribution in [2.24, 2.45) is 0 Å². The first-order chi connectivity index (χ1) is 8.47. The van der Waals surface area contributed by atoms with Crippen molar-refractivity contribution in [1.82, 2.24) is 0 Å². The molecule has 1 saturated heterocycles. The van der Waals surface area contributed by atoms with E-state index >= 15 is 0 Å². The number of carbonyl (C=O) groups is 1. The average molecular weight is 259 g/mol. The lowest BCUT2D eigenvalue weighted by Crippen LogP contribution is -2.26. The molecule has 1 fully saturated rings. The minimum Gasteiger partial charge on any atom is -0.368 e. The van der Waals surface area contributed by atoms with E-state index in [9.17, 15) is 18.0 Å². The van der Waals surface area contributed by atoms with Gasteiger partial charge in [-0.3, -0.25) is 4.79 Å². The highest BCUT2D eigenvalue weighted by molar-refractivity contribution is 5.94. The van der Waals surface area contributed by atoms with E-state index in [2.05, 4.69) is 5.32 Å². The fourth-order valence-electron chi connectivity index (χ4n) is 1.75. The first-order valence-corrected chi connectivity index (χ1v) is 5.56. The average Bonchev–Trinajstić information content (AvgIpc) is 2.82. The van der Waals surface area contributed by atoms with E-state index in [1.165, 1.54) is 12.1 Å². The molecule has 1 amide bonds. The number of alkyl halides is 3. The number of amides is 1. The van der Waals surface area contributed by atoms with Gasteiger partial charge in [0.25, 0.3) is 5.91 Å². The van der Waals surface area contributed by atoms with Gasteiger partial charge in [-0.05, 0) is 37.1 Å². The molecule has 0 bridgehead atoms. The standard InChI is InChI=1S/C12H12F3NO2/c13-12(14,15)8-3-5-9(6-4-8)16-11(17)10-2-1-7-18-10/h3-6,10H,1-2,7H2,(H,16,17). The molecule has 0 aromatic heterocycles. The predicted octanol–water partition coefficient (Wildman–Crippen LogP) is 2.82. The Labute approximate surface area is 102 Å². The largest absolute Gasteiger partial charge is 0.416 e. The van der Waals surface area contributed by atoms with Crippen LogP contribution in [0.5, 0.6) is 0 Å². The van der Waals surface area contributed by atoms with Gasteiger partial charge in [0, 0.05) is 12.3 Å². The van der Waals surface area contributed by atoms with Crippen molar-refractivity contribution in [3.63, 3.8) is 0 Å². The highest BCUT2D eigenvalue weighted by atomic mass is 19.4. The maximum absolute atomic E-state index is 12.3. The van der Waals surface area contributed by atoms with Gasteiger partial charge in [0.2, 0.25) is 0 Å². The van der Waals surface area contributed by atoms with Crippen LogP contribution in [-0.2, 0) is 15.7 Å². The Kier molecular flexibility index (Phi) is 3.56. The van der Waals surface area contributed by atoms with Gasteiger partial charge in [0.1, 0.15) is 6.10 Å². The zero-order valence-corrected chi connectivity index (χ0v) is 9.46. The van der Waals surface area contributed by atoms with E-state index < -0.39 is 17.8 Å². The Morgan fingerprint density at radius 3 is 2.44 bits per heavy atom. The second-order valence-electron chi connectivity index (χ2n) is 4.07. The van der Waals surface area contributed by atoms with E-state index in [1.54, 1.807) is 0 Å². The zero-order valence-electron chi connectivity index (χ0n) is 9.46. The number of carbonyl (C=O) groups excluding carboxylic acids is 1. The summed E-state index contributed by atoms with van der Waals surface area (Å²) in [4.78, 5) is 11.6. The molecule has 1 unspecified atom stereocenters. The molecule has 1 aromatic carbocycles. The number of hydrogen-bond acceptors (Lipinski definition) is 2. The van der Waals surface area contributed by atoms with Crippen molar-refractivity contribution < 1.29 is 22.7 Å². The van der Waals surface area contributed by atoms with Gasteiger partial charge in [0.15, 0.2) is 0 Å². The third kappa shape index (κ3) is 3.01. The predicted molar refractivity (Wildman–Crippen MR) is 59.0 cm³/mol. The summed E-state index contributed by atoms with van der Waals surface area (Å²) in [6, 6.07) is 4.33. The van der Waals surface area contributed by atoms with Crippen LogP contribution in [0.15, 0.2) is 24.3 Å². The summed E-state index contributed by atoms with van der Waals surface area (Å²) in [5, 5.41) is 2.53. The number of anilines is 1. The summed E-state index contributed by atoms with van der Waals surface area (Å²) in [5.74, 6) is -0.313. The van der Waals surface area contributed by atoms with E-state index in [-0.39, 0.29) is 5.91 Å². The Hall–Kier alpha value is -1.56. The number of ether oxygens (including phenoxy) is 1. The molecule has 98 valence electrons. The summed E-state index contributed by atoms with van der Waals surface area (Å²) in [6.45, 7) is 0.547. The van der Waals surface area contributed by atoms with Crippen LogP contribution in [0.3, 0.4) is 0 Å². The first-order valence-electron chi connectivity index (χ1n) is 5.56. The van der Waals surface area contributed by atoms with E-state index in [4.69, 9.17) is 4.74 Å². The van der Waals surface area contributed by atoms with E-state index in [0.717, 1.165) is 18.6 Å². The number of nitrogens with one attached hydrogen (secondary N) is 1. The number of rotatable bonds is 2. The van der Waals surface area contributed by atoms with Crippen molar-refractivity contribution in [3.05, 3.63) is 29.8 Å². The summed E-state index contributed by atoms with van der Waals surface area (Å²) in [5.41, 5.74) is -0.402. The van der Waals surface area contributed by atoms with Crippen molar-refractivity contribution >= 4 is 11.6 Å². The number of benzene rings is 1. The van der Waals surface area contributed by atoms with Crippen LogP contribution in [0.4, 0.5) is 18.9 Å². The molecule has 2 rings (SSSR count). The summed E-state index contributed by atoms with van der Waals surface area (Å²) in [7, 11) is 0. The second kappa shape index (κ2) is 4.97. The van der Waals surface area contributed by atoms with Crippen LogP contribution in [0.2, 0.25) is 0 Å². The van der Waals surface area contributed by atoms with Crippen LogP contribution >= 0.6 is 0 Å². The molecule has 1 heterocycles. The van der Waals surface area contributed by atoms with E-state index in [1.807, 2.05) is 0 Å². The SMILES string of the molecule is O=C(Nc1ccc(C(F)(F)F)cc1)C1CCCO1. The lowest BCUT2D eigenvalue weighted by Gasteiger charge is -2.11. The van der Waals surface area contributed by atoms with Crippen molar-refractivity contribution in [3.8, 4) is 0 Å². The van der Waals surface area contributed by atoms with Crippen LogP contribution in [0, 0.1) is 0 Å². The Morgan fingerprint density at radius 1 is 1.28 bits per heavy atom. The maximum Gasteiger partial charge on any atom is 0.416 e. The molecule has 1 aliphatic heterocycles. The number of hydrogen-bond donors (Lipinski definition) is 1. The monoisotopic (exact) mass is 259 g/mol. The van der Waals surface area contributed by atoms with Gasteiger partial charge in [-0.1, -0.05) is 0 Å². The smallest absolute Gasteiger partial charge is 0.368 e. The molecule has 1 aliphatic rings. The topological polar surface area (TPSA) is 38.3 Å². The second-order valence-corrected chi connectivity index (χ2v) is 4.07. The van der Waals surface area contributed by atoms with Crippen LogP contribution in [0.1, 0.15) is 18.4 Å². The lowest BCUT2D eigenvalue weighted by atomic mass is 10.2. The van der Waals surface area contributed by atoms with Crippen LogP contribution in [-0.4, -0.2) is 18.6 Å². The van der Waals surface area contributed by atoms with Gasteiger partial charge >= 0.3 is 6.18 Å². The van der Waals surface area contributed by atoms with Crippen molar-refractivity contribution in [2.45, 2.75) is 25.1 Å². The van der Waals surface area contributed by atoms with Gasteiger partial charge in [-0.2, -0.15) is 13.2 Å². The fraction of sp³-hybridized carbons (Fsp3) is 0.417. The third-order valence-corrected chi connectivity index (χ3v) is 2.70. The summed E-state index contributed by atoms with van der Waals surface area (Å²) >= 11 is 0. The van der Waals surface area contributed by atoms with Crippen molar-refractivity contribution in [2.75, 3.05) is 11.9 Å². The normalized spacial score (nSPS) is 19.8. The van der Waals surface area contributed by atoms with Crippen LogP contribution in [0.25, 0.3) is 0 Å². The summed E-state index contributed by atoms with van der Waals surface area (Å²) in [6.07, 6.45) is -3.39. The summed E-state index contributed by atoms with van der Waals surface area (Å²) < 4.78 is 42.1. The molecule has 0 radical (unpaired) electrons. The van der Waals surface area contributed by atoms with E-state index in [0.29, 0.717) is 18.7 Å². The van der Waals surface area contributed by atoms with Crippen LogP contribution < -0.4 is 5.32 Å². The highest BCUT2D eigenvalue weighted by Gasteiger charge is 2.30. The third-order valence-electron chi connectivity index (χ3n) is 2.70. The van der Waals surface area contributed by atoms with Gasteiger partial charge < -0.3 is 10.1 Å². The zero-order chi connectivity index (χ0) is 13.2. The Morgan fingerprint density at radius 2 is 1.94 bits per heavy atom. The Balaban J connectivity index is 2.00. The maximum atomic E-state index is 12.3. The fourth-order valence-corrected chi connectivity index (χ4v) is 1.75. The molecular weight excluding hydrogens is 247 g/mol. The Bertz CT molecular complexity index is 422. The molecule has 1 N–H and O–H groups in total. The first kappa shape index (κ1) is 12.9. The molecule has 3 nitrogen and oxygen atoms in total. The van der Waals surface area contributed by atoms with Gasteiger partial charge in [-0.15, -0.1) is 0 Å². The quantitative estimate of drug-likeness (QED) is 0.886. The molecule has 1 atom stereocenters. The molecule has 6 heteroatoms. The minimum absolute atomic E-state index is 0.313. The lowest BCUT2D eigenvalue weighted by molar-refractivity contribution is -0.137. The molecular formula is C12H12F3NO2. The molecule has 1 aromatic rings. The van der Waals surface area contributed by atoms with Gasteiger partial charge in [-0.25, -0.2) is 0 Å². The molecule has 18 heavy (non-hydrogen) atoms. The van der Waals surface area contributed by atoms with Crippen molar-refractivity contribution in [1.29, 1.82) is 0 Å². The minimum atomic E-state index is -4.36. The molecule has 0 saturated carbocycles. The molecule has 0 aliphatic carbocycles. The molecule has 0 spiro atoms. The number of halogens is 3. The highest BCUT2D eigenvalue weighted by Crippen LogP contribution is 2.29.